The summed E-state index contributed by atoms with van der Waals surface area (Å²) in [6.07, 6.45) is 8.19. The zero-order valence-corrected chi connectivity index (χ0v) is 42.4. The molecule has 0 aromatic heterocycles. The van der Waals surface area contributed by atoms with Crippen LogP contribution in [0.1, 0.15) is 125 Å². The van der Waals surface area contributed by atoms with E-state index in [-0.39, 0.29) is 86.3 Å². The Kier molecular flexibility index (Phi) is 22.8. The molecule has 388 valence electrons. The normalized spacial score (nSPS) is 38.7. The Morgan fingerprint density at radius 3 is 2.28 bits per heavy atom. The van der Waals surface area contributed by atoms with E-state index in [9.17, 15) is 49.2 Å². The highest BCUT2D eigenvalue weighted by molar-refractivity contribution is 6.39. The number of hydrogen-bond donors (Lipinski definition) is 4. The number of ketones is 4. The minimum absolute atomic E-state index is 0.0301. The van der Waals surface area contributed by atoms with Crippen LogP contribution in [0.25, 0.3) is 0 Å². The number of aliphatic hydroxyl groups is 4. The van der Waals surface area contributed by atoms with Gasteiger partial charge in [-0.3, -0.25) is 24.0 Å². The number of piperidine rings is 1. The molecule has 3 heterocycles. The molecule has 1 amide bonds. The molecule has 3 aliphatic heterocycles. The highest BCUT2D eigenvalue weighted by Gasteiger charge is 2.53. The van der Waals surface area contributed by atoms with Gasteiger partial charge in [0.25, 0.3) is 11.7 Å². The minimum Gasteiger partial charge on any atom is -0.460 e. The molecular formula is C53H81NO15. The Labute approximate surface area is 408 Å². The van der Waals surface area contributed by atoms with Crippen LogP contribution in [0.4, 0.5) is 0 Å². The second-order valence-corrected chi connectivity index (χ2v) is 20.2. The molecule has 16 nitrogen and oxygen atoms in total. The number of Topliss-reactive ketones (excluding diaryl/α,β-unsaturated/α-hetero) is 4. The fourth-order valence-corrected chi connectivity index (χ4v) is 10.5. The van der Waals surface area contributed by atoms with Gasteiger partial charge in [0.15, 0.2) is 5.78 Å². The van der Waals surface area contributed by atoms with E-state index in [1.165, 1.54) is 13.2 Å². The number of allylic oxidation sites excluding steroid dienone is 6. The lowest BCUT2D eigenvalue weighted by Gasteiger charge is -2.42. The summed E-state index contributed by atoms with van der Waals surface area (Å²) in [7, 11) is 4.36. The average Bonchev–Trinajstić information content (AvgIpc) is 3.32. The lowest BCUT2D eigenvalue weighted by molar-refractivity contribution is -0.265. The van der Waals surface area contributed by atoms with Crippen molar-refractivity contribution in [3.63, 3.8) is 0 Å². The van der Waals surface area contributed by atoms with E-state index in [1.54, 1.807) is 53.2 Å². The number of nitrogens with zero attached hydrogens (tertiary/aromatic N) is 1. The van der Waals surface area contributed by atoms with Crippen molar-refractivity contribution in [2.24, 2.45) is 35.5 Å². The van der Waals surface area contributed by atoms with Gasteiger partial charge in [-0.2, -0.15) is 0 Å². The maximum absolute atomic E-state index is 14.5. The molecule has 1 unspecified atom stereocenters. The van der Waals surface area contributed by atoms with Gasteiger partial charge in [-0.1, -0.05) is 64.2 Å². The molecule has 2 saturated heterocycles. The first-order valence-corrected chi connectivity index (χ1v) is 25.0. The zero-order chi connectivity index (χ0) is 51.2. The van der Waals surface area contributed by atoms with E-state index in [4.69, 9.17) is 23.7 Å². The van der Waals surface area contributed by atoms with Gasteiger partial charge in [-0.25, -0.2) is 4.79 Å². The maximum Gasteiger partial charge on any atom is 0.329 e. The quantitative estimate of drug-likeness (QED) is 0.134. The van der Waals surface area contributed by atoms with Crippen LogP contribution in [0, 0.1) is 35.5 Å². The largest absolute Gasteiger partial charge is 0.460 e. The van der Waals surface area contributed by atoms with Gasteiger partial charge < -0.3 is 49.0 Å². The third-order valence-electron chi connectivity index (χ3n) is 15.0. The van der Waals surface area contributed by atoms with Crippen molar-refractivity contribution >= 4 is 35.0 Å². The van der Waals surface area contributed by atoms with Crippen LogP contribution in [0.15, 0.2) is 47.6 Å². The molecule has 4 rings (SSSR count). The van der Waals surface area contributed by atoms with Gasteiger partial charge in [0.1, 0.15) is 42.0 Å². The van der Waals surface area contributed by atoms with Gasteiger partial charge in [0, 0.05) is 71.5 Å². The molecule has 3 fully saturated rings. The predicted molar refractivity (Wildman–Crippen MR) is 256 cm³/mol. The number of hydrogen-bond acceptors (Lipinski definition) is 15. The first-order valence-electron chi connectivity index (χ1n) is 25.0. The Bertz CT molecular complexity index is 1890. The number of rotatable bonds is 9. The van der Waals surface area contributed by atoms with Crippen LogP contribution >= 0.6 is 0 Å². The van der Waals surface area contributed by atoms with Crippen LogP contribution in [0.2, 0.25) is 0 Å². The molecule has 16 heteroatoms. The molecule has 4 N–H and O–H groups in total. The van der Waals surface area contributed by atoms with Crippen molar-refractivity contribution in [1.29, 1.82) is 0 Å². The third kappa shape index (κ3) is 15.4. The molecule has 0 spiro atoms. The number of aliphatic hydroxyl groups excluding tert-OH is 3. The molecule has 0 aromatic carbocycles. The van der Waals surface area contributed by atoms with Gasteiger partial charge in [0.05, 0.1) is 18.3 Å². The Morgan fingerprint density at radius 1 is 0.884 bits per heavy atom. The van der Waals surface area contributed by atoms with E-state index in [0.29, 0.717) is 51.4 Å². The van der Waals surface area contributed by atoms with Crippen molar-refractivity contribution in [2.45, 2.75) is 180 Å². The molecule has 0 aromatic rings. The van der Waals surface area contributed by atoms with Gasteiger partial charge >= 0.3 is 5.97 Å². The number of esters is 1. The van der Waals surface area contributed by atoms with E-state index in [1.807, 2.05) is 32.9 Å². The summed E-state index contributed by atoms with van der Waals surface area (Å²) in [4.78, 5) is 84.6. The van der Waals surface area contributed by atoms with Crippen LogP contribution in [0.5, 0.6) is 0 Å². The Hall–Kier alpha value is -3.74. The van der Waals surface area contributed by atoms with Crippen molar-refractivity contribution in [3.8, 4) is 0 Å². The molecule has 1 aliphatic carbocycles. The Balaban J connectivity index is 1.70. The summed E-state index contributed by atoms with van der Waals surface area (Å²) in [5.74, 6) is -9.17. The van der Waals surface area contributed by atoms with E-state index in [2.05, 4.69) is 0 Å². The summed E-state index contributed by atoms with van der Waals surface area (Å²) >= 11 is 0. The second kappa shape index (κ2) is 27.2. The van der Waals surface area contributed by atoms with E-state index in [0.717, 1.165) is 10.5 Å². The number of carbonyl (C=O) groups excluding carboxylic acids is 6. The molecule has 69 heavy (non-hydrogen) atoms. The standard InChI is InChI=1S/C53H81NO15/c1-31-15-11-10-12-16-32(2)44(65-7)29-38-20-18-36(6)53(64,69-38)50(61)51(62)54-23-14-13-17-40(54)52(63)68-45(34(4)27-37-19-21-39(41(56)22-24-55)46(28-37)66-8)30-42(57)33(3)26-35(5)47(59)49(67-9)48(60)43(58)25-31/h10-12,15-16,26,31,33-34,36-40,43-47,49,55,58-59,64H,13-14,17-25,27-30H2,1-9H3/b12-10+,15-11+,32-16+,35-26+/t31-,33-,34-,36-,37+,38+,39+,40+,43?,44+,45+,46-,47-,49-,53-/m1/s1. The highest BCUT2D eigenvalue weighted by Crippen LogP contribution is 2.39. The molecular weight excluding hydrogens is 891 g/mol. The van der Waals surface area contributed by atoms with Gasteiger partial charge in [-0.05, 0) is 107 Å². The van der Waals surface area contributed by atoms with Crippen LogP contribution in [0.3, 0.4) is 0 Å². The number of ether oxygens (including phenoxy) is 5. The molecule has 15 atom stereocenters. The molecule has 1 saturated carbocycles. The van der Waals surface area contributed by atoms with Crippen LogP contribution in [-0.2, 0) is 52.5 Å². The fraction of sp³-hybridized carbons (Fsp3) is 0.736. The SMILES string of the molecule is CO[C@H]1C[C@@H]2CC[C@@H](C)[C@@](O)(O2)C(=O)C(=O)N2CCCC[C@H]2C(=O)O[C@H]([C@H](C)C[C@@H]2CC[C@@H](C(=O)CCO)[C@H](OC)C2)CC(=O)[C@H](C)/C=C(\C)[C@@H](O)[C@@H](OC)C(=O)C(O)C[C@H](C)/C=C/C=C/C=C/1C. The summed E-state index contributed by atoms with van der Waals surface area (Å²) in [6, 6.07) is -1.19. The highest BCUT2D eigenvalue weighted by atomic mass is 16.6. The van der Waals surface area contributed by atoms with Gasteiger partial charge in [-0.15, -0.1) is 0 Å². The average molecular weight is 972 g/mol. The smallest absolute Gasteiger partial charge is 0.329 e. The number of cyclic esters (lactones) is 1. The first-order chi connectivity index (χ1) is 32.7. The fourth-order valence-electron chi connectivity index (χ4n) is 10.5. The van der Waals surface area contributed by atoms with Crippen molar-refractivity contribution < 1.29 is 72.9 Å². The van der Waals surface area contributed by atoms with E-state index >= 15 is 0 Å². The van der Waals surface area contributed by atoms with Crippen LogP contribution in [-0.4, -0.2) is 149 Å². The number of amides is 1. The number of methoxy groups -OCH3 is 3. The Morgan fingerprint density at radius 2 is 1.61 bits per heavy atom. The van der Waals surface area contributed by atoms with Crippen LogP contribution < -0.4 is 0 Å². The summed E-state index contributed by atoms with van der Waals surface area (Å²) in [5, 5.41) is 43.7. The lowest BCUT2D eigenvalue weighted by atomic mass is 9.73. The molecule has 0 radical (unpaired) electrons. The maximum atomic E-state index is 14.5. The first kappa shape index (κ1) is 57.8. The van der Waals surface area contributed by atoms with Crippen molar-refractivity contribution in [1.82, 2.24) is 4.90 Å². The topological polar surface area (TPSA) is 233 Å². The zero-order valence-electron chi connectivity index (χ0n) is 42.4. The molecule has 2 bridgehead atoms. The minimum atomic E-state index is -2.47. The summed E-state index contributed by atoms with van der Waals surface area (Å²) in [6.45, 7) is 10.2. The summed E-state index contributed by atoms with van der Waals surface area (Å²) < 4.78 is 29.4. The third-order valence-corrected chi connectivity index (χ3v) is 15.0. The monoisotopic (exact) mass is 972 g/mol. The van der Waals surface area contributed by atoms with Crippen molar-refractivity contribution in [2.75, 3.05) is 34.5 Å². The van der Waals surface area contributed by atoms with E-state index < -0.39 is 89.6 Å². The number of fused-ring (bicyclic) bond motifs is 3. The number of carbonyl (C=O) groups is 6. The summed E-state index contributed by atoms with van der Waals surface area (Å²) in [5.41, 5.74) is 1.09. The lowest BCUT2D eigenvalue weighted by Crippen LogP contribution is -2.61. The predicted octanol–water partition coefficient (Wildman–Crippen LogP) is 5.11. The van der Waals surface area contributed by atoms with Gasteiger partial charge in [0.2, 0.25) is 5.79 Å². The van der Waals surface area contributed by atoms with Crippen molar-refractivity contribution in [3.05, 3.63) is 47.6 Å². The second-order valence-electron chi connectivity index (χ2n) is 20.2. The molecule has 4 aliphatic rings.